The molecule has 10 aromatic carbocycles. The molecule has 0 fully saturated rings. The van der Waals surface area contributed by atoms with Crippen LogP contribution >= 0.6 is 22.7 Å². The van der Waals surface area contributed by atoms with Crippen LogP contribution in [0.3, 0.4) is 0 Å². The number of hydrogen-bond acceptors (Lipinski definition) is 6. The maximum Gasteiger partial charge on any atom is 0.101 e. The molecule has 0 amide bonds. The van der Waals surface area contributed by atoms with Crippen LogP contribution in [0.25, 0.3) is 22.3 Å². The van der Waals surface area contributed by atoms with Crippen molar-refractivity contribution in [3.8, 4) is 22.3 Å². The lowest BCUT2D eigenvalue weighted by Gasteiger charge is -2.32. The molecule has 0 bridgehead atoms. The van der Waals surface area contributed by atoms with E-state index in [4.69, 9.17) is 0 Å². The van der Waals surface area contributed by atoms with Crippen LogP contribution < -0.4 is 19.6 Å². The molecule has 1 spiro atoms. The van der Waals surface area contributed by atoms with E-state index in [1.54, 1.807) is 0 Å². The highest BCUT2D eigenvalue weighted by atomic mass is 32.1. The van der Waals surface area contributed by atoms with E-state index in [9.17, 15) is 0 Å². The molecule has 356 valence electrons. The van der Waals surface area contributed by atoms with Gasteiger partial charge in [-0.05, 0) is 156 Å². The summed E-state index contributed by atoms with van der Waals surface area (Å²) in [4.78, 5) is 12.3. The molecule has 12 aromatic rings. The van der Waals surface area contributed by atoms with E-state index >= 15 is 0 Å². The minimum absolute atomic E-state index is 0.719. The Balaban J connectivity index is 1.09. The molecule has 2 heterocycles. The summed E-state index contributed by atoms with van der Waals surface area (Å²) < 4.78 is 0. The zero-order valence-corrected chi connectivity index (χ0v) is 42.5. The molecule has 0 aliphatic heterocycles. The Labute approximate surface area is 446 Å². The van der Waals surface area contributed by atoms with Gasteiger partial charge in [0.2, 0.25) is 0 Å². The van der Waals surface area contributed by atoms with Crippen molar-refractivity contribution in [2.24, 2.45) is 0 Å². The summed E-state index contributed by atoms with van der Waals surface area (Å²) in [6.45, 7) is 0. The predicted molar refractivity (Wildman–Crippen MR) is 317 cm³/mol. The molecule has 0 saturated heterocycles. The zero-order valence-electron chi connectivity index (χ0n) is 40.8. The highest BCUT2D eigenvalue weighted by molar-refractivity contribution is 7.19. The summed E-state index contributed by atoms with van der Waals surface area (Å²) in [5.74, 6) is 0. The maximum absolute atomic E-state index is 2.51. The second-order valence-electron chi connectivity index (χ2n) is 18.9. The van der Waals surface area contributed by atoms with E-state index in [1.165, 1.54) is 43.1 Å². The highest BCUT2D eigenvalue weighted by Crippen LogP contribution is 2.69. The average Bonchev–Trinajstić information content (AvgIpc) is 4.29. The SMILES string of the molecule is c1ccc(N(c2ccccc2)c2ccc3c(c2)C2(c4cc(N(c5ccccc5)c5ccccc5)ccc4-3)c3sc(N(c4ccccc4)c4ccccc4)cc3-c3cc(N(c4ccccc4)c4ccccc4)sc32)cc1. The van der Waals surface area contributed by atoms with Crippen molar-refractivity contribution >= 4 is 89.5 Å². The topological polar surface area (TPSA) is 13.0 Å². The van der Waals surface area contributed by atoms with Crippen molar-refractivity contribution in [2.75, 3.05) is 19.6 Å². The van der Waals surface area contributed by atoms with Gasteiger partial charge in [-0.2, -0.15) is 0 Å². The third-order valence-electron chi connectivity index (χ3n) is 14.6. The Morgan fingerprint density at radius 1 is 0.213 bits per heavy atom. The minimum Gasteiger partial charge on any atom is -0.310 e. The molecule has 0 saturated carbocycles. The Morgan fingerprint density at radius 2 is 0.453 bits per heavy atom. The largest absolute Gasteiger partial charge is 0.310 e. The van der Waals surface area contributed by atoms with E-state index in [0.717, 1.165) is 66.9 Å². The summed E-state index contributed by atoms with van der Waals surface area (Å²) in [5.41, 5.74) is 17.9. The van der Waals surface area contributed by atoms with Gasteiger partial charge in [-0.1, -0.05) is 158 Å². The molecule has 0 unspecified atom stereocenters. The number of thiophene rings is 2. The molecule has 0 N–H and O–H groups in total. The van der Waals surface area contributed by atoms with Crippen molar-refractivity contribution in [3.63, 3.8) is 0 Å². The fraction of sp³-hybridized carbons (Fsp3) is 0.0145. The summed E-state index contributed by atoms with van der Waals surface area (Å²) in [6.07, 6.45) is 0. The second kappa shape index (κ2) is 18.7. The summed E-state index contributed by atoms with van der Waals surface area (Å²) in [7, 11) is 0. The smallest absolute Gasteiger partial charge is 0.101 e. The Hall–Kier alpha value is -9.20. The Kier molecular flexibility index (Phi) is 11.1. The van der Waals surface area contributed by atoms with Crippen molar-refractivity contribution in [1.82, 2.24) is 0 Å². The molecule has 14 rings (SSSR count). The second-order valence-corrected chi connectivity index (χ2v) is 21.0. The van der Waals surface area contributed by atoms with Gasteiger partial charge in [-0.15, -0.1) is 22.7 Å². The molecule has 2 aromatic heterocycles. The molecule has 2 aliphatic rings. The van der Waals surface area contributed by atoms with Crippen molar-refractivity contribution < 1.29 is 0 Å². The van der Waals surface area contributed by atoms with E-state index in [0.29, 0.717) is 0 Å². The number of anilines is 12. The van der Waals surface area contributed by atoms with Crippen LogP contribution in [-0.4, -0.2) is 0 Å². The molecular formula is C69H48N4S2. The van der Waals surface area contributed by atoms with Crippen LogP contribution in [0.4, 0.5) is 66.9 Å². The number of fused-ring (bicyclic) bond motifs is 10. The third kappa shape index (κ3) is 7.48. The van der Waals surface area contributed by atoms with Gasteiger partial charge >= 0.3 is 0 Å². The molecule has 0 atom stereocenters. The molecule has 2 aliphatic carbocycles. The minimum atomic E-state index is -0.719. The van der Waals surface area contributed by atoms with Gasteiger partial charge in [0, 0.05) is 77.8 Å². The van der Waals surface area contributed by atoms with Crippen molar-refractivity contribution in [2.45, 2.75) is 5.41 Å². The number of nitrogens with zero attached hydrogens (tertiary/aromatic N) is 4. The van der Waals surface area contributed by atoms with Crippen LogP contribution in [0.1, 0.15) is 20.9 Å². The normalized spacial score (nSPS) is 12.4. The fourth-order valence-corrected chi connectivity index (χ4v) is 14.4. The average molecular weight is 997 g/mol. The number of benzene rings is 10. The lowest BCUT2D eigenvalue weighted by molar-refractivity contribution is 0.830. The van der Waals surface area contributed by atoms with Crippen LogP contribution in [-0.2, 0) is 5.41 Å². The van der Waals surface area contributed by atoms with E-state index in [1.807, 2.05) is 22.7 Å². The predicted octanol–water partition coefficient (Wildman–Crippen LogP) is 20.0. The third-order valence-corrected chi connectivity index (χ3v) is 17.1. The van der Waals surface area contributed by atoms with Gasteiger partial charge in [0.05, 0.1) is 5.41 Å². The number of hydrogen-bond donors (Lipinski definition) is 0. The lowest BCUT2D eigenvalue weighted by Crippen LogP contribution is -2.25. The van der Waals surface area contributed by atoms with Gasteiger partial charge < -0.3 is 19.6 Å². The maximum atomic E-state index is 2.51. The van der Waals surface area contributed by atoms with Crippen molar-refractivity contribution in [3.05, 3.63) is 312 Å². The monoisotopic (exact) mass is 996 g/mol. The molecule has 75 heavy (non-hydrogen) atoms. The van der Waals surface area contributed by atoms with E-state index in [-0.39, 0.29) is 0 Å². The van der Waals surface area contributed by atoms with Gasteiger partial charge in [0.1, 0.15) is 10.0 Å². The van der Waals surface area contributed by atoms with E-state index < -0.39 is 5.41 Å². The Bertz CT molecular complexity index is 3520. The molecule has 6 heteroatoms. The number of rotatable bonds is 12. The summed E-state index contributed by atoms with van der Waals surface area (Å²) in [6, 6.07) is 106. The van der Waals surface area contributed by atoms with Crippen molar-refractivity contribution in [1.29, 1.82) is 0 Å². The number of para-hydroxylation sites is 8. The quantitative estimate of drug-likeness (QED) is 0.121. The zero-order chi connectivity index (χ0) is 49.7. The van der Waals surface area contributed by atoms with Crippen LogP contribution in [0.2, 0.25) is 0 Å². The Morgan fingerprint density at radius 3 is 0.707 bits per heavy atom. The molecular weight excluding hydrogens is 949 g/mol. The highest BCUT2D eigenvalue weighted by Gasteiger charge is 2.55. The summed E-state index contributed by atoms with van der Waals surface area (Å²) >= 11 is 3.83. The molecule has 4 nitrogen and oxygen atoms in total. The standard InChI is InChI=1S/C69H48N4S2/c1-9-25-49(26-10-1)70(50-27-11-2-12-28-50)57-41-43-59-60-44-42-58(71(51-29-13-3-14-30-51)52-31-15-4-16-32-52)46-64(60)69(63(59)45-57)67-61(47-65(74-67)72(53-33-17-5-18-34-53)54-35-19-6-20-36-54)62-48-66(75-68(62)69)73(55-37-21-7-22-38-55)56-39-23-8-24-40-56/h1-48H. The van der Waals surface area contributed by atoms with Crippen LogP contribution in [0.5, 0.6) is 0 Å². The first kappa shape index (κ1) is 44.5. The summed E-state index contributed by atoms with van der Waals surface area (Å²) in [5, 5.41) is 2.32. The lowest BCUT2D eigenvalue weighted by atomic mass is 9.77. The fourth-order valence-electron chi connectivity index (χ4n) is 11.4. The van der Waals surface area contributed by atoms with Gasteiger partial charge in [0.25, 0.3) is 0 Å². The van der Waals surface area contributed by atoms with Crippen LogP contribution in [0, 0.1) is 0 Å². The molecule has 0 radical (unpaired) electrons. The van der Waals surface area contributed by atoms with Gasteiger partial charge in [-0.25, -0.2) is 0 Å². The first-order valence-electron chi connectivity index (χ1n) is 25.4. The van der Waals surface area contributed by atoms with E-state index in [2.05, 4.69) is 311 Å². The first-order valence-corrected chi connectivity index (χ1v) is 27.0. The van der Waals surface area contributed by atoms with Crippen LogP contribution in [0.15, 0.2) is 291 Å². The van der Waals surface area contributed by atoms with Gasteiger partial charge in [0.15, 0.2) is 0 Å². The first-order chi connectivity index (χ1) is 37.2. The van der Waals surface area contributed by atoms with Gasteiger partial charge in [-0.3, -0.25) is 0 Å².